The van der Waals surface area contributed by atoms with Gasteiger partial charge in [0, 0.05) is 32.4 Å². The smallest absolute Gasteiger partial charge is 0.416 e. The summed E-state index contributed by atoms with van der Waals surface area (Å²) in [7, 11) is -4.11. The number of piperidine rings is 1. The predicted molar refractivity (Wildman–Crippen MR) is 120 cm³/mol. The van der Waals surface area contributed by atoms with Crippen LogP contribution in [-0.2, 0) is 25.8 Å². The van der Waals surface area contributed by atoms with Gasteiger partial charge in [0.25, 0.3) is 5.91 Å². The number of ether oxygens (including phenoxy) is 1. The van der Waals surface area contributed by atoms with Crippen LogP contribution < -0.4 is 10.1 Å². The minimum Gasteiger partial charge on any atom is -0.492 e. The number of hydrogen-bond acceptors (Lipinski definition) is 6. The van der Waals surface area contributed by atoms with Gasteiger partial charge < -0.3 is 14.9 Å². The summed E-state index contributed by atoms with van der Waals surface area (Å²) in [6.07, 6.45) is -3.92. The minimum absolute atomic E-state index is 0.0356. The Morgan fingerprint density at radius 1 is 1.11 bits per heavy atom. The van der Waals surface area contributed by atoms with E-state index < -0.39 is 38.2 Å². The Kier molecular flexibility index (Phi) is 7.04. The van der Waals surface area contributed by atoms with Crippen molar-refractivity contribution in [1.82, 2.24) is 9.62 Å². The number of benzene rings is 2. The molecule has 1 saturated heterocycles. The molecule has 2 aliphatic heterocycles. The lowest BCUT2D eigenvalue weighted by Crippen LogP contribution is -2.47. The first-order valence-electron chi connectivity index (χ1n) is 11.0. The van der Waals surface area contributed by atoms with E-state index in [1.54, 1.807) is 12.1 Å². The van der Waals surface area contributed by atoms with E-state index in [1.807, 2.05) is 18.2 Å². The molecule has 2 aliphatic rings. The van der Waals surface area contributed by atoms with Crippen LogP contribution in [0, 0.1) is 0 Å². The molecule has 1 N–H and O–H groups in total. The Bertz CT molecular complexity index is 1190. The fourth-order valence-electron chi connectivity index (χ4n) is 3.98. The van der Waals surface area contributed by atoms with Crippen LogP contribution in [-0.4, -0.2) is 56.2 Å². The molecule has 2 aromatic rings. The topological polar surface area (TPSA) is 97.3 Å². The Morgan fingerprint density at radius 2 is 1.83 bits per heavy atom. The van der Waals surface area contributed by atoms with E-state index in [0.717, 1.165) is 22.5 Å². The highest BCUT2D eigenvalue weighted by atomic mass is 32.2. The standard InChI is InChI=1S/C23H24F3N3O5S/c24-23(25,26)17-5-4-8-19(15-17)35(31,32)29-12-9-22(10-13-29)16-20(28-34-22)21(30)27-11-14-33-18-6-2-1-3-7-18/h1-8,15H,9-14,16H2,(H,27,30). The molecule has 1 amide bonds. The highest BCUT2D eigenvalue weighted by Crippen LogP contribution is 2.37. The molecule has 1 fully saturated rings. The molecule has 35 heavy (non-hydrogen) atoms. The summed E-state index contributed by atoms with van der Waals surface area (Å²) in [6, 6.07) is 12.8. The third kappa shape index (κ3) is 5.76. The molecule has 188 valence electrons. The van der Waals surface area contributed by atoms with Crippen LogP contribution in [0.3, 0.4) is 0 Å². The summed E-state index contributed by atoms with van der Waals surface area (Å²) in [5.74, 6) is 0.298. The van der Waals surface area contributed by atoms with Gasteiger partial charge in [0.1, 0.15) is 23.7 Å². The Morgan fingerprint density at radius 3 is 2.51 bits per heavy atom. The summed E-state index contributed by atoms with van der Waals surface area (Å²) in [4.78, 5) is 17.6. The van der Waals surface area contributed by atoms with Crippen LogP contribution in [0.25, 0.3) is 0 Å². The fourth-order valence-corrected chi connectivity index (χ4v) is 5.47. The van der Waals surface area contributed by atoms with Crippen molar-refractivity contribution in [3.05, 3.63) is 60.2 Å². The molecule has 4 rings (SSSR count). The molecule has 2 heterocycles. The molecule has 12 heteroatoms. The van der Waals surface area contributed by atoms with E-state index in [0.29, 0.717) is 11.8 Å². The number of oxime groups is 1. The van der Waals surface area contributed by atoms with Crippen LogP contribution in [0.15, 0.2) is 64.6 Å². The third-order valence-corrected chi connectivity index (χ3v) is 7.83. The number of alkyl halides is 3. The van der Waals surface area contributed by atoms with Crippen molar-refractivity contribution in [3.8, 4) is 5.75 Å². The maximum absolute atomic E-state index is 13.0. The molecule has 0 saturated carbocycles. The quantitative estimate of drug-likeness (QED) is 0.576. The highest BCUT2D eigenvalue weighted by Gasteiger charge is 2.46. The van der Waals surface area contributed by atoms with Gasteiger partial charge in [-0.3, -0.25) is 4.79 Å². The molecule has 0 bridgehead atoms. The van der Waals surface area contributed by atoms with Crippen molar-refractivity contribution in [1.29, 1.82) is 0 Å². The van der Waals surface area contributed by atoms with Crippen molar-refractivity contribution in [2.75, 3.05) is 26.2 Å². The van der Waals surface area contributed by atoms with E-state index in [9.17, 15) is 26.4 Å². The van der Waals surface area contributed by atoms with Crippen molar-refractivity contribution in [3.63, 3.8) is 0 Å². The fraction of sp³-hybridized carbons (Fsp3) is 0.391. The van der Waals surface area contributed by atoms with Gasteiger partial charge >= 0.3 is 6.18 Å². The van der Waals surface area contributed by atoms with Gasteiger partial charge in [0.15, 0.2) is 0 Å². The first-order valence-corrected chi connectivity index (χ1v) is 12.4. The normalized spacial score (nSPS) is 18.1. The third-order valence-electron chi connectivity index (χ3n) is 5.93. The van der Waals surface area contributed by atoms with Crippen molar-refractivity contribution >= 4 is 21.6 Å². The van der Waals surface area contributed by atoms with Crippen molar-refractivity contribution < 1.29 is 36.0 Å². The number of sulfonamides is 1. The van der Waals surface area contributed by atoms with Gasteiger partial charge in [-0.15, -0.1) is 0 Å². The van der Waals surface area contributed by atoms with Crippen LogP contribution in [0.4, 0.5) is 13.2 Å². The SMILES string of the molecule is O=C(NCCOc1ccccc1)C1=NOC2(CCN(S(=O)(=O)c3cccc(C(F)(F)F)c3)CC2)C1. The van der Waals surface area contributed by atoms with Crippen LogP contribution in [0.5, 0.6) is 5.75 Å². The van der Waals surface area contributed by atoms with Crippen LogP contribution >= 0.6 is 0 Å². The summed E-state index contributed by atoms with van der Waals surface area (Å²) in [5.41, 5.74) is -1.63. The molecule has 2 aromatic carbocycles. The predicted octanol–water partition coefficient (Wildman–Crippen LogP) is 3.20. The second-order valence-corrected chi connectivity index (χ2v) is 10.3. The van der Waals surface area contributed by atoms with Crippen molar-refractivity contribution in [2.24, 2.45) is 5.16 Å². The summed E-state index contributed by atoms with van der Waals surface area (Å²) < 4.78 is 71.5. The van der Waals surface area contributed by atoms with Gasteiger partial charge in [-0.25, -0.2) is 8.42 Å². The van der Waals surface area contributed by atoms with Crippen LogP contribution in [0.2, 0.25) is 0 Å². The maximum atomic E-state index is 13.0. The lowest BCUT2D eigenvalue weighted by molar-refractivity contribution is -0.137. The molecular formula is C23H24F3N3O5S. The Hall–Kier alpha value is -3.12. The minimum atomic E-state index is -4.64. The number of carbonyl (C=O) groups is 1. The first kappa shape index (κ1) is 25.0. The number of nitrogens with zero attached hydrogens (tertiary/aromatic N) is 2. The van der Waals surface area contributed by atoms with Crippen LogP contribution in [0.1, 0.15) is 24.8 Å². The number of hydrogen-bond donors (Lipinski definition) is 1. The van der Waals surface area contributed by atoms with E-state index >= 15 is 0 Å². The van der Waals surface area contributed by atoms with Gasteiger partial charge in [0.2, 0.25) is 10.0 Å². The Balaban J connectivity index is 1.28. The molecule has 0 unspecified atom stereocenters. The lowest BCUT2D eigenvalue weighted by atomic mass is 9.87. The second kappa shape index (κ2) is 9.86. The van der Waals surface area contributed by atoms with E-state index in [2.05, 4.69) is 10.5 Å². The summed E-state index contributed by atoms with van der Waals surface area (Å²) in [5, 5.41) is 6.62. The first-order chi connectivity index (χ1) is 16.6. The average molecular weight is 512 g/mol. The number of halogens is 3. The number of carbonyl (C=O) groups excluding carboxylic acids is 1. The second-order valence-electron chi connectivity index (χ2n) is 8.34. The zero-order valence-electron chi connectivity index (χ0n) is 18.6. The number of para-hydroxylation sites is 1. The number of amides is 1. The monoisotopic (exact) mass is 511 g/mol. The number of nitrogens with one attached hydrogen (secondary N) is 1. The molecular weight excluding hydrogens is 487 g/mol. The zero-order chi connectivity index (χ0) is 25.1. The zero-order valence-corrected chi connectivity index (χ0v) is 19.4. The Labute approximate surface area is 200 Å². The summed E-state index contributed by atoms with van der Waals surface area (Å²) in [6.45, 7) is 0.613. The maximum Gasteiger partial charge on any atom is 0.416 e. The van der Waals surface area contributed by atoms with E-state index in [1.165, 1.54) is 0 Å². The lowest BCUT2D eigenvalue weighted by Gasteiger charge is -2.36. The van der Waals surface area contributed by atoms with Crippen molar-refractivity contribution in [2.45, 2.75) is 35.9 Å². The molecule has 0 aliphatic carbocycles. The van der Waals surface area contributed by atoms with Gasteiger partial charge in [-0.2, -0.15) is 17.5 Å². The van der Waals surface area contributed by atoms with Gasteiger partial charge in [-0.05, 0) is 30.3 Å². The highest BCUT2D eigenvalue weighted by molar-refractivity contribution is 7.89. The largest absolute Gasteiger partial charge is 0.492 e. The molecule has 8 nitrogen and oxygen atoms in total. The number of rotatable bonds is 7. The molecule has 0 aromatic heterocycles. The average Bonchev–Trinajstić information content (AvgIpc) is 3.25. The van der Waals surface area contributed by atoms with Gasteiger partial charge in [0.05, 0.1) is 17.0 Å². The molecule has 0 atom stereocenters. The van der Waals surface area contributed by atoms with Gasteiger partial charge in [-0.1, -0.05) is 29.4 Å². The van der Waals surface area contributed by atoms with E-state index in [-0.39, 0.29) is 51.2 Å². The summed E-state index contributed by atoms with van der Waals surface area (Å²) >= 11 is 0. The van der Waals surface area contributed by atoms with E-state index in [4.69, 9.17) is 9.57 Å². The molecule has 1 spiro atoms. The molecule has 0 radical (unpaired) electrons.